The van der Waals surface area contributed by atoms with Crippen LogP contribution >= 0.6 is 0 Å². The summed E-state index contributed by atoms with van der Waals surface area (Å²) in [6, 6.07) is 4.18. The van der Waals surface area contributed by atoms with Crippen LogP contribution in [0, 0.1) is 6.92 Å². The summed E-state index contributed by atoms with van der Waals surface area (Å²) >= 11 is 0. The average molecular weight is 278 g/mol. The number of hydrogen-bond acceptors (Lipinski definition) is 5. The number of carbonyl (C=O) groups is 1. The van der Waals surface area contributed by atoms with E-state index < -0.39 is 5.97 Å². The van der Waals surface area contributed by atoms with E-state index in [4.69, 9.17) is 15.2 Å². The van der Waals surface area contributed by atoms with Crippen molar-refractivity contribution in [2.75, 3.05) is 37.5 Å². The molecule has 1 aromatic rings. The molecule has 0 spiro atoms. The van der Waals surface area contributed by atoms with Crippen molar-refractivity contribution in [3.05, 3.63) is 23.3 Å². The van der Waals surface area contributed by atoms with Crippen LogP contribution in [-0.4, -0.2) is 38.9 Å². The van der Waals surface area contributed by atoms with E-state index in [-0.39, 0.29) is 0 Å². The van der Waals surface area contributed by atoms with Gasteiger partial charge in [-0.2, -0.15) is 0 Å². The second-order valence-electron chi connectivity index (χ2n) is 5.05. The van der Waals surface area contributed by atoms with Crippen molar-refractivity contribution in [1.82, 2.24) is 0 Å². The van der Waals surface area contributed by atoms with Crippen LogP contribution in [0.2, 0.25) is 0 Å². The van der Waals surface area contributed by atoms with E-state index >= 15 is 0 Å². The number of ether oxygens (including phenoxy) is 2. The topological polar surface area (TPSA) is 64.8 Å². The molecule has 2 rings (SSSR count). The Labute approximate surface area is 119 Å². The molecule has 1 saturated heterocycles. The third kappa shape index (κ3) is 2.72. The van der Waals surface area contributed by atoms with Gasteiger partial charge in [0.25, 0.3) is 0 Å². The number of benzene rings is 1. The normalized spacial score (nSPS) is 18.9. The van der Waals surface area contributed by atoms with Crippen LogP contribution < -0.4 is 10.6 Å². The van der Waals surface area contributed by atoms with Crippen molar-refractivity contribution in [2.24, 2.45) is 0 Å². The number of aryl methyl sites for hydroxylation is 1. The van der Waals surface area contributed by atoms with Gasteiger partial charge in [0, 0.05) is 17.9 Å². The second-order valence-corrected chi connectivity index (χ2v) is 5.05. The maximum Gasteiger partial charge on any atom is 0.340 e. The van der Waals surface area contributed by atoms with E-state index in [1.165, 1.54) is 7.11 Å². The van der Waals surface area contributed by atoms with Crippen molar-refractivity contribution >= 4 is 17.3 Å². The van der Waals surface area contributed by atoms with E-state index in [0.29, 0.717) is 30.5 Å². The molecule has 2 N–H and O–H groups in total. The fourth-order valence-electron chi connectivity index (χ4n) is 2.56. The van der Waals surface area contributed by atoms with Crippen LogP contribution in [0.1, 0.15) is 29.3 Å². The summed E-state index contributed by atoms with van der Waals surface area (Å²) in [4.78, 5) is 14.1. The highest BCUT2D eigenvalue weighted by molar-refractivity contribution is 5.97. The van der Waals surface area contributed by atoms with Crippen molar-refractivity contribution in [3.63, 3.8) is 0 Å². The molecule has 0 aromatic heterocycles. The molecule has 1 fully saturated rings. The number of nitrogens with zero attached hydrogens (tertiary/aromatic N) is 1. The summed E-state index contributed by atoms with van der Waals surface area (Å²) in [7, 11) is 1.37. The largest absolute Gasteiger partial charge is 0.465 e. The van der Waals surface area contributed by atoms with Crippen molar-refractivity contribution in [1.29, 1.82) is 0 Å². The van der Waals surface area contributed by atoms with Gasteiger partial charge in [-0.05, 0) is 31.0 Å². The van der Waals surface area contributed by atoms with Crippen LogP contribution in [0.4, 0.5) is 11.4 Å². The van der Waals surface area contributed by atoms with E-state index in [1.54, 1.807) is 0 Å². The van der Waals surface area contributed by atoms with Gasteiger partial charge in [0.15, 0.2) is 0 Å². The smallest absolute Gasteiger partial charge is 0.340 e. The van der Waals surface area contributed by atoms with Crippen LogP contribution in [0.3, 0.4) is 0 Å². The highest BCUT2D eigenvalue weighted by Crippen LogP contribution is 2.28. The molecule has 0 bridgehead atoms. The molecule has 20 heavy (non-hydrogen) atoms. The van der Waals surface area contributed by atoms with Crippen molar-refractivity contribution < 1.29 is 14.3 Å². The standard InChI is InChI=1S/C15H22N2O3/c1-4-11-9-20-6-5-17(11)12-7-10(2)14(16)13(8-12)15(18)19-3/h7-8,11H,4-6,9,16H2,1-3H3. The summed E-state index contributed by atoms with van der Waals surface area (Å²) in [5.74, 6) is -0.395. The number of methoxy groups -OCH3 is 1. The highest BCUT2D eigenvalue weighted by Gasteiger charge is 2.24. The number of morpholine rings is 1. The Morgan fingerprint density at radius 2 is 2.30 bits per heavy atom. The van der Waals surface area contributed by atoms with Gasteiger partial charge in [-0.1, -0.05) is 6.92 Å². The zero-order valence-corrected chi connectivity index (χ0v) is 12.3. The lowest BCUT2D eigenvalue weighted by Gasteiger charge is -2.37. The van der Waals surface area contributed by atoms with E-state index in [2.05, 4.69) is 11.8 Å². The van der Waals surface area contributed by atoms with Gasteiger partial charge in [-0.3, -0.25) is 0 Å². The van der Waals surface area contributed by atoms with E-state index in [1.807, 2.05) is 19.1 Å². The first kappa shape index (κ1) is 14.7. The summed E-state index contributed by atoms with van der Waals surface area (Å²) in [5, 5.41) is 0. The second kappa shape index (κ2) is 6.13. The molecular weight excluding hydrogens is 256 g/mol. The van der Waals surface area contributed by atoms with Crippen LogP contribution in [0.15, 0.2) is 12.1 Å². The van der Waals surface area contributed by atoms with Gasteiger partial charge in [-0.15, -0.1) is 0 Å². The number of esters is 1. The minimum Gasteiger partial charge on any atom is -0.465 e. The molecule has 5 heteroatoms. The third-order valence-electron chi connectivity index (χ3n) is 3.81. The molecule has 1 unspecified atom stereocenters. The average Bonchev–Trinajstić information content (AvgIpc) is 2.49. The number of anilines is 2. The molecule has 0 saturated carbocycles. The zero-order chi connectivity index (χ0) is 14.7. The third-order valence-corrected chi connectivity index (χ3v) is 3.81. The molecular formula is C15H22N2O3. The molecule has 0 radical (unpaired) electrons. The fourth-order valence-corrected chi connectivity index (χ4v) is 2.56. The Bertz CT molecular complexity index is 502. The van der Waals surface area contributed by atoms with Gasteiger partial charge in [0.2, 0.25) is 0 Å². The van der Waals surface area contributed by atoms with Gasteiger partial charge in [-0.25, -0.2) is 4.79 Å². The van der Waals surface area contributed by atoms with Gasteiger partial charge in [0.1, 0.15) is 0 Å². The summed E-state index contributed by atoms with van der Waals surface area (Å²) < 4.78 is 10.3. The van der Waals surface area contributed by atoms with Crippen LogP contribution in [0.25, 0.3) is 0 Å². The molecule has 1 aromatic carbocycles. The first-order valence-electron chi connectivity index (χ1n) is 6.91. The molecule has 0 amide bonds. The minimum atomic E-state index is -0.395. The quantitative estimate of drug-likeness (QED) is 0.676. The molecule has 1 heterocycles. The SMILES string of the molecule is CCC1COCCN1c1cc(C)c(N)c(C(=O)OC)c1. The monoisotopic (exact) mass is 278 g/mol. The van der Waals surface area contributed by atoms with Crippen LogP contribution in [0.5, 0.6) is 0 Å². The fraction of sp³-hybridized carbons (Fsp3) is 0.533. The Morgan fingerprint density at radius 3 is 2.95 bits per heavy atom. The Kier molecular flexibility index (Phi) is 4.49. The van der Waals surface area contributed by atoms with E-state index in [0.717, 1.165) is 24.2 Å². The first-order chi connectivity index (χ1) is 9.58. The predicted octanol–water partition coefficient (Wildman–Crippen LogP) is 1.98. The molecule has 1 atom stereocenters. The maximum atomic E-state index is 11.8. The number of hydrogen-bond donors (Lipinski definition) is 1. The van der Waals surface area contributed by atoms with Crippen LogP contribution in [-0.2, 0) is 9.47 Å². The zero-order valence-electron chi connectivity index (χ0n) is 12.3. The lowest BCUT2D eigenvalue weighted by molar-refractivity contribution is 0.0602. The first-order valence-corrected chi connectivity index (χ1v) is 6.91. The Hall–Kier alpha value is -1.75. The number of nitrogen functional groups attached to an aromatic ring is 1. The number of nitrogens with two attached hydrogens (primary N) is 1. The number of carbonyl (C=O) groups excluding carboxylic acids is 1. The lowest BCUT2D eigenvalue weighted by Crippen LogP contribution is -2.45. The molecule has 1 aliphatic rings. The predicted molar refractivity (Wildman–Crippen MR) is 79.2 cm³/mol. The minimum absolute atomic E-state index is 0.331. The van der Waals surface area contributed by atoms with Gasteiger partial charge >= 0.3 is 5.97 Å². The Balaban J connectivity index is 2.41. The summed E-state index contributed by atoms with van der Waals surface area (Å²) in [6.45, 7) is 6.29. The maximum absolute atomic E-state index is 11.8. The molecule has 5 nitrogen and oxygen atoms in total. The van der Waals surface area contributed by atoms with Gasteiger partial charge < -0.3 is 20.1 Å². The lowest BCUT2D eigenvalue weighted by atomic mass is 10.0. The summed E-state index contributed by atoms with van der Waals surface area (Å²) in [6.07, 6.45) is 0.997. The van der Waals surface area contributed by atoms with Gasteiger partial charge in [0.05, 0.1) is 31.9 Å². The number of rotatable bonds is 3. The Morgan fingerprint density at radius 1 is 1.55 bits per heavy atom. The summed E-state index contributed by atoms with van der Waals surface area (Å²) in [5.41, 5.74) is 8.80. The van der Waals surface area contributed by atoms with E-state index in [9.17, 15) is 4.79 Å². The van der Waals surface area contributed by atoms with Crippen molar-refractivity contribution in [3.8, 4) is 0 Å². The highest BCUT2D eigenvalue weighted by atomic mass is 16.5. The van der Waals surface area contributed by atoms with Crippen molar-refractivity contribution in [2.45, 2.75) is 26.3 Å². The molecule has 0 aliphatic carbocycles. The molecule has 110 valence electrons. The molecule has 1 aliphatic heterocycles.